The number of nitrogens with zero attached hydrogens (tertiary/aromatic N) is 6. The Bertz CT molecular complexity index is 932. The van der Waals surface area contributed by atoms with Crippen LogP contribution in [0.5, 0.6) is 0 Å². The summed E-state index contributed by atoms with van der Waals surface area (Å²) in [4.78, 5) is 13.4. The van der Waals surface area contributed by atoms with Gasteiger partial charge in [-0.1, -0.05) is 18.2 Å². The average Bonchev–Trinajstić information content (AvgIpc) is 3.06. The summed E-state index contributed by atoms with van der Waals surface area (Å²) < 4.78 is 0. The Morgan fingerprint density at radius 2 is 2.00 bits per heavy atom. The predicted octanol–water partition coefficient (Wildman–Crippen LogP) is 1.86. The van der Waals surface area contributed by atoms with Crippen molar-refractivity contribution < 1.29 is 0 Å². The number of aryl methyl sites for hydroxylation is 1. The summed E-state index contributed by atoms with van der Waals surface area (Å²) >= 11 is 0. The monoisotopic (exact) mass is 333 g/mol. The van der Waals surface area contributed by atoms with Gasteiger partial charge >= 0.3 is 0 Å². The molecule has 1 N–H and O–H groups in total. The molecule has 1 saturated heterocycles. The standard InChI is InChI=1S/C18H19N7/c1-13-21-17(23-22-13)12-24-6-8-25(9-7-24)18-14(10-19)11-20-16-5-3-2-4-15(16)18/h2-5,11H,6-9,12H2,1H3,(H,21,22,23). The molecule has 0 radical (unpaired) electrons. The van der Waals surface area contributed by atoms with E-state index < -0.39 is 0 Å². The lowest BCUT2D eigenvalue weighted by Gasteiger charge is -2.36. The first-order chi connectivity index (χ1) is 12.2. The smallest absolute Gasteiger partial charge is 0.164 e. The van der Waals surface area contributed by atoms with Crippen LogP contribution in [0.25, 0.3) is 10.9 Å². The van der Waals surface area contributed by atoms with E-state index in [2.05, 4.69) is 36.0 Å². The van der Waals surface area contributed by atoms with E-state index in [9.17, 15) is 5.26 Å². The maximum atomic E-state index is 9.51. The number of benzene rings is 1. The number of para-hydroxylation sites is 1. The van der Waals surface area contributed by atoms with Crippen molar-refractivity contribution in [1.82, 2.24) is 25.1 Å². The van der Waals surface area contributed by atoms with E-state index in [-0.39, 0.29) is 0 Å². The number of piperazine rings is 1. The highest BCUT2D eigenvalue weighted by Gasteiger charge is 2.22. The second-order valence-electron chi connectivity index (χ2n) is 6.25. The van der Waals surface area contributed by atoms with E-state index in [0.29, 0.717) is 5.56 Å². The number of hydrogen-bond acceptors (Lipinski definition) is 6. The number of aromatic nitrogens is 4. The Kier molecular flexibility index (Phi) is 4.04. The van der Waals surface area contributed by atoms with Crippen LogP contribution in [0.2, 0.25) is 0 Å². The lowest BCUT2D eigenvalue weighted by Crippen LogP contribution is -2.46. The number of aromatic amines is 1. The number of pyridine rings is 1. The normalized spacial score (nSPS) is 15.4. The molecule has 126 valence electrons. The molecular formula is C18H19N7. The fraction of sp³-hybridized carbons (Fsp3) is 0.333. The summed E-state index contributed by atoms with van der Waals surface area (Å²) in [5, 5.41) is 17.7. The highest BCUT2D eigenvalue weighted by molar-refractivity contribution is 5.94. The second-order valence-corrected chi connectivity index (χ2v) is 6.25. The molecule has 0 spiro atoms. The summed E-state index contributed by atoms with van der Waals surface area (Å²) in [5.41, 5.74) is 2.56. The van der Waals surface area contributed by atoms with E-state index in [1.54, 1.807) is 6.20 Å². The quantitative estimate of drug-likeness (QED) is 0.787. The Hall–Kier alpha value is -2.98. The van der Waals surface area contributed by atoms with Gasteiger partial charge in [0, 0.05) is 37.8 Å². The molecule has 0 atom stereocenters. The average molecular weight is 333 g/mol. The van der Waals surface area contributed by atoms with Crippen LogP contribution in [0, 0.1) is 18.3 Å². The third-order valence-corrected chi connectivity index (χ3v) is 4.56. The highest BCUT2D eigenvalue weighted by Crippen LogP contribution is 2.30. The number of anilines is 1. The zero-order chi connectivity index (χ0) is 17.2. The van der Waals surface area contributed by atoms with Gasteiger partial charge in [0.2, 0.25) is 0 Å². The molecule has 2 aromatic heterocycles. The Labute approximate surface area is 145 Å². The third kappa shape index (κ3) is 3.04. The molecule has 1 fully saturated rings. The van der Waals surface area contributed by atoms with Crippen molar-refractivity contribution in [2.45, 2.75) is 13.5 Å². The van der Waals surface area contributed by atoms with E-state index in [1.165, 1.54) is 0 Å². The van der Waals surface area contributed by atoms with Gasteiger partial charge in [-0.3, -0.25) is 15.0 Å². The van der Waals surface area contributed by atoms with Crippen molar-refractivity contribution in [3.63, 3.8) is 0 Å². The molecule has 25 heavy (non-hydrogen) atoms. The first kappa shape index (κ1) is 15.5. The Morgan fingerprint density at radius 3 is 2.72 bits per heavy atom. The maximum Gasteiger partial charge on any atom is 0.164 e. The number of nitrogens with one attached hydrogen (secondary N) is 1. The lowest BCUT2D eigenvalue weighted by molar-refractivity contribution is 0.244. The number of nitriles is 1. The van der Waals surface area contributed by atoms with Gasteiger partial charge in [-0.05, 0) is 13.0 Å². The van der Waals surface area contributed by atoms with E-state index in [1.807, 2.05) is 31.2 Å². The Morgan fingerprint density at radius 1 is 1.20 bits per heavy atom. The minimum absolute atomic E-state index is 0.636. The van der Waals surface area contributed by atoms with Crippen LogP contribution in [0.1, 0.15) is 17.2 Å². The van der Waals surface area contributed by atoms with Gasteiger partial charge in [-0.15, -0.1) is 0 Å². The molecule has 3 aromatic rings. The maximum absolute atomic E-state index is 9.51. The SMILES string of the molecule is Cc1nc(CN2CCN(c3c(C#N)cnc4ccccc34)CC2)n[nH]1. The van der Waals surface area contributed by atoms with Crippen molar-refractivity contribution in [3.05, 3.63) is 47.7 Å². The van der Waals surface area contributed by atoms with Gasteiger partial charge in [-0.25, -0.2) is 4.98 Å². The fourth-order valence-corrected chi connectivity index (χ4v) is 3.34. The fourth-order valence-electron chi connectivity index (χ4n) is 3.34. The van der Waals surface area contributed by atoms with E-state index in [4.69, 9.17) is 0 Å². The summed E-state index contributed by atoms with van der Waals surface area (Å²) in [6.07, 6.45) is 1.68. The molecule has 0 aliphatic carbocycles. The van der Waals surface area contributed by atoms with Gasteiger partial charge < -0.3 is 4.90 Å². The minimum atomic E-state index is 0.636. The predicted molar refractivity (Wildman–Crippen MR) is 95.1 cm³/mol. The van der Waals surface area contributed by atoms with Crippen molar-refractivity contribution in [1.29, 1.82) is 5.26 Å². The molecule has 1 aliphatic heterocycles. The van der Waals surface area contributed by atoms with Crippen LogP contribution < -0.4 is 4.90 Å². The summed E-state index contributed by atoms with van der Waals surface area (Å²) in [5.74, 6) is 1.67. The van der Waals surface area contributed by atoms with Crippen molar-refractivity contribution >= 4 is 16.6 Å². The number of rotatable bonds is 3. The van der Waals surface area contributed by atoms with E-state index >= 15 is 0 Å². The van der Waals surface area contributed by atoms with Crippen molar-refractivity contribution in [2.24, 2.45) is 0 Å². The first-order valence-electron chi connectivity index (χ1n) is 8.37. The van der Waals surface area contributed by atoms with Crippen LogP contribution in [-0.4, -0.2) is 51.2 Å². The van der Waals surface area contributed by atoms with Gasteiger partial charge in [0.25, 0.3) is 0 Å². The van der Waals surface area contributed by atoms with Crippen molar-refractivity contribution in [3.8, 4) is 6.07 Å². The van der Waals surface area contributed by atoms with Crippen LogP contribution in [0.15, 0.2) is 30.5 Å². The summed E-state index contributed by atoms with van der Waals surface area (Å²) in [6, 6.07) is 10.3. The zero-order valence-corrected chi connectivity index (χ0v) is 14.1. The molecule has 0 amide bonds. The minimum Gasteiger partial charge on any atom is -0.367 e. The topological polar surface area (TPSA) is 84.7 Å². The van der Waals surface area contributed by atoms with Crippen LogP contribution >= 0.6 is 0 Å². The van der Waals surface area contributed by atoms with Gasteiger partial charge in [0.1, 0.15) is 11.9 Å². The number of fused-ring (bicyclic) bond motifs is 1. The van der Waals surface area contributed by atoms with E-state index in [0.717, 1.165) is 61.0 Å². The number of H-pyrrole nitrogens is 1. The molecule has 3 heterocycles. The highest BCUT2D eigenvalue weighted by atomic mass is 15.3. The second kappa shape index (κ2) is 6.49. The van der Waals surface area contributed by atoms with Crippen LogP contribution in [0.3, 0.4) is 0 Å². The molecule has 0 saturated carbocycles. The molecule has 7 nitrogen and oxygen atoms in total. The zero-order valence-electron chi connectivity index (χ0n) is 14.1. The molecule has 4 rings (SSSR count). The number of hydrogen-bond donors (Lipinski definition) is 1. The molecule has 1 aromatic carbocycles. The van der Waals surface area contributed by atoms with Crippen LogP contribution in [-0.2, 0) is 6.54 Å². The Balaban J connectivity index is 1.54. The molecule has 0 unspecified atom stereocenters. The molecule has 1 aliphatic rings. The summed E-state index contributed by atoms with van der Waals surface area (Å²) in [6.45, 7) is 6.22. The third-order valence-electron chi connectivity index (χ3n) is 4.56. The molecular weight excluding hydrogens is 314 g/mol. The summed E-state index contributed by atoms with van der Waals surface area (Å²) in [7, 11) is 0. The van der Waals surface area contributed by atoms with Gasteiger partial charge in [0.15, 0.2) is 5.82 Å². The van der Waals surface area contributed by atoms with Crippen LogP contribution in [0.4, 0.5) is 5.69 Å². The molecule has 7 heteroatoms. The first-order valence-corrected chi connectivity index (χ1v) is 8.37. The van der Waals surface area contributed by atoms with Crippen molar-refractivity contribution in [2.75, 3.05) is 31.1 Å². The lowest BCUT2D eigenvalue weighted by atomic mass is 10.1. The van der Waals surface area contributed by atoms with Gasteiger partial charge in [0.05, 0.1) is 23.3 Å². The van der Waals surface area contributed by atoms with Gasteiger partial charge in [-0.2, -0.15) is 10.4 Å². The largest absolute Gasteiger partial charge is 0.367 e. The molecule has 0 bridgehead atoms.